The number of hydrogen-bond donors (Lipinski definition) is 1. The molecule has 31 heavy (non-hydrogen) atoms. The second kappa shape index (κ2) is 7.86. The maximum atomic E-state index is 12.4. The molecular weight excluding hydrogens is 398 g/mol. The van der Waals surface area contributed by atoms with Gasteiger partial charge in [-0.3, -0.25) is 14.9 Å². The van der Waals surface area contributed by atoms with Crippen LogP contribution in [0.15, 0.2) is 58.2 Å². The first kappa shape index (κ1) is 20.0. The summed E-state index contributed by atoms with van der Waals surface area (Å²) in [6.07, 6.45) is 3.36. The summed E-state index contributed by atoms with van der Waals surface area (Å²) in [5.74, 6) is 0.270. The molecule has 0 fully saturated rings. The molecule has 0 aliphatic rings. The van der Waals surface area contributed by atoms with Gasteiger partial charge in [0.25, 0.3) is 5.69 Å². The molecule has 0 atom stereocenters. The number of hydrazone groups is 1. The number of pyridine rings is 1. The van der Waals surface area contributed by atoms with E-state index in [1.807, 2.05) is 49.7 Å². The number of nitrogens with one attached hydrogen (secondary N) is 1. The quantitative estimate of drug-likeness (QED) is 0.297. The zero-order chi connectivity index (χ0) is 22.1. The largest absolute Gasteiger partial charge is 0.451 e. The lowest BCUT2D eigenvalue weighted by atomic mass is 10.2. The summed E-state index contributed by atoms with van der Waals surface area (Å²) in [6.45, 7) is 5.90. The SMILES string of the molecule is Cc1ccc(-n2c(C)cc(/C=N\NC(=O)c3cc4cc([N+](=O)[O-])ccc4o3)c2C)nc1. The van der Waals surface area contributed by atoms with Gasteiger partial charge in [-0.25, -0.2) is 10.4 Å². The van der Waals surface area contributed by atoms with Crippen LogP contribution in [-0.2, 0) is 0 Å². The summed E-state index contributed by atoms with van der Waals surface area (Å²) in [5, 5.41) is 15.4. The van der Waals surface area contributed by atoms with E-state index in [2.05, 4.69) is 15.5 Å². The molecule has 9 heteroatoms. The highest BCUT2D eigenvalue weighted by molar-refractivity contribution is 5.97. The maximum absolute atomic E-state index is 12.4. The van der Waals surface area contributed by atoms with Crippen LogP contribution in [0.1, 0.15) is 33.1 Å². The van der Waals surface area contributed by atoms with Crippen molar-refractivity contribution in [3.8, 4) is 5.82 Å². The van der Waals surface area contributed by atoms with Crippen LogP contribution >= 0.6 is 0 Å². The van der Waals surface area contributed by atoms with Gasteiger partial charge in [0.2, 0.25) is 0 Å². The summed E-state index contributed by atoms with van der Waals surface area (Å²) in [4.78, 5) is 27.2. The predicted molar refractivity (Wildman–Crippen MR) is 116 cm³/mol. The number of carbonyl (C=O) groups is 1. The molecule has 0 radical (unpaired) electrons. The van der Waals surface area contributed by atoms with Crippen molar-refractivity contribution in [1.82, 2.24) is 15.0 Å². The van der Waals surface area contributed by atoms with Crippen molar-refractivity contribution in [2.45, 2.75) is 20.8 Å². The van der Waals surface area contributed by atoms with Crippen LogP contribution in [0.3, 0.4) is 0 Å². The zero-order valence-electron chi connectivity index (χ0n) is 17.1. The fourth-order valence-corrected chi connectivity index (χ4v) is 3.33. The monoisotopic (exact) mass is 417 g/mol. The van der Waals surface area contributed by atoms with Crippen LogP contribution in [0, 0.1) is 30.9 Å². The number of nitrogens with zero attached hydrogens (tertiary/aromatic N) is 4. The molecule has 0 aliphatic carbocycles. The standard InChI is InChI=1S/C22H19N5O4/c1-13-4-7-21(23-11-13)26-14(2)8-17(15(26)3)12-24-25-22(28)20-10-16-9-18(27(29)30)5-6-19(16)31-20/h4-12H,1-3H3,(H,25,28)/b24-12-. The molecule has 1 amide bonds. The Labute approximate surface area is 177 Å². The molecule has 9 nitrogen and oxygen atoms in total. The van der Waals surface area contributed by atoms with Crippen molar-refractivity contribution in [3.05, 3.63) is 87.1 Å². The normalized spacial score (nSPS) is 11.3. The maximum Gasteiger partial charge on any atom is 0.307 e. The zero-order valence-corrected chi connectivity index (χ0v) is 17.1. The molecule has 0 saturated heterocycles. The number of hydrogen-bond acceptors (Lipinski definition) is 6. The van der Waals surface area contributed by atoms with E-state index in [0.29, 0.717) is 11.0 Å². The number of carbonyl (C=O) groups excluding carboxylic acids is 1. The minimum Gasteiger partial charge on any atom is -0.451 e. The third-order valence-corrected chi connectivity index (χ3v) is 4.90. The Morgan fingerprint density at radius 1 is 1.19 bits per heavy atom. The van der Waals surface area contributed by atoms with Crippen molar-refractivity contribution >= 4 is 28.8 Å². The van der Waals surface area contributed by atoms with Crippen molar-refractivity contribution in [1.29, 1.82) is 0 Å². The fraction of sp³-hybridized carbons (Fsp3) is 0.136. The fourth-order valence-electron chi connectivity index (χ4n) is 3.33. The van der Waals surface area contributed by atoms with Crippen molar-refractivity contribution in [2.75, 3.05) is 0 Å². The van der Waals surface area contributed by atoms with E-state index in [0.717, 1.165) is 28.3 Å². The summed E-state index contributed by atoms with van der Waals surface area (Å²) < 4.78 is 7.47. The first-order valence-electron chi connectivity index (χ1n) is 9.47. The predicted octanol–water partition coefficient (Wildman–Crippen LogP) is 4.22. The number of aromatic nitrogens is 2. The Kier molecular flexibility index (Phi) is 5.08. The first-order chi connectivity index (χ1) is 14.8. The van der Waals surface area contributed by atoms with Crippen molar-refractivity contribution < 1.29 is 14.1 Å². The number of nitro groups is 1. The smallest absolute Gasteiger partial charge is 0.307 e. The van der Waals surface area contributed by atoms with E-state index in [1.165, 1.54) is 24.3 Å². The van der Waals surface area contributed by atoms with E-state index in [-0.39, 0.29) is 11.4 Å². The van der Waals surface area contributed by atoms with Gasteiger partial charge in [-0.15, -0.1) is 0 Å². The molecule has 0 unspecified atom stereocenters. The van der Waals surface area contributed by atoms with Gasteiger partial charge in [0, 0.05) is 40.7 Å². The number of amides is 1. The van der Waals surface area contributed by atoms with E-state index in [1.54, 1.807) is 6.21 Å². The number of rotatable bonds is 5. The average molecular weight is 417 g/mol. The molecule has 0 aliphatic heterocycles. The number of nitro benzene ring substituents is 1. The van der Waals surface area contributed by atoms with Gasteiger partial charge in [0.1, 0.15) is 11.4 Å². The highest BCUT2D eigenvalue weighted by Gasteiger charge is 2.15. The Bertz CT molecular complexity index is 1330. The molecule has 1 N–H and O–H groups in total. The van der Waals surface area contributed by atoms with E-state index < -0.39 is 10.8 Å². The van der Waals surface area contributed by atoms with Crippen molar-refractivity contribution in [2.24, 2.45) is 5.10 Å². The number of aryl methyl sites for hydroxylation is 2. The molecule has 1 aromatic carbocycles. The van der Waals surface area contributed by atoms with Gasteiger partial charge < -0.3 is 8.98 Å². The molecule has 4 aromatic rings. The van der Waals surface area contributed by atoms with Crippen LogP contribution in [0.25, 0.3) is 16.8 Å². The highest BCUT2D eigenvalue weighted by Crippen LogP contribution is 2.24. The van der Waals surface area contributed by atoms with Gasteiger partial charge in [0.15, 0.2) is 5.76 Å². The Hall–Kier alpha value is -4.27. The minimum absolute atomic E-state index is 0.0157. The van der Waals surface area contributed by atoms with E-state index in [9.17, 15) is 14.9 Å². The van der Waals surface area contributed by atoms with Gasteiger partial charge in [-0.1, -0.05) is 6.07 Å². The van der Waals surface area contributed by atoms with Crippen LogP contribution < -0.4 is 5.43 Å². The summed E-state index contributed by atoms with van der Waals surface area (Å²) in [7, 11) is 0. The number of furan rings is 1. The molecular formula is C22H19N5O4. The lowest BCUT2D eigenvalue weighted by Crippen LogP contribution is -2.16. The highest BCUT2D eigenvalue weighted by atomic mass is 16.6. The Morgan fingerprint density at radius 2 is 2.00 bits per heavy atom. The number of benzene rings is 1. The second-order valence-electron chi connectivity index (χ2n) is 7.14. The molecule has 0 spiro atoms. The van der Waals surface area contributed by atoms with Crippen LogP contribution in [-0.4, -0.2) is 26.6 Å². The van der Waals surface area contributed by atoms with Gasteiger partial charge >= 0.3 is 5.91 Å². The van der Waals surface area contributed by atoms with Crippen molar-refractivity contribution in [3.63, 3.8) is 0 Å². The van der Waals surface area contributed by atoms with Crippen LogP contribution in [0.4, 0.5) is 5.69 Å². The Balaban J connectivity index is 1.51. The topological polar surface area (TPSA) is 116 Å². The lowest BCUT2D eigenvalue weighted by molar-refractivity contribution is -0.384. The first-order valence-corrected chi connectivity index (χ1v) is 9.47. The summed E-state index contributed by atoms with van der Waals surface area (Å²) >= 11 is 0. The Morgan fingerprint density at radius 3 is 2.71 bits per heavy atom. The minimum atomic E-state index is -0.552. The molecule has 0 bridgehead atoms. The third kappa shape index (κ3) is 3.93. The summed E-state index contributed by atoms with van der Waals surface area (Å²) in [6, 6.07) is 11.5. The molecule has 0 saturated carbocycles. The van der Waals surface area contributed by atoms with Gasteiger partial charge in [0.05, 0.1) is 11.1 Å². The molecule has 3 aromatic heterocycles. The van der Waals surface area contributed by atoms with E-state index >= 15 is 0 Å². The number of non-ortho nitro benzene ring substituents is 1. The van der Waals surface area contributed by atoms with Gasteiger partial charge in [-0.2, -0.15) is 5.10 Å². The van der Waals surface area contributed by atoms with Crippen LogP contribution in [0.2, 0.25) is 0 Å². The second-order valence-corrected chi connectivity index (χ2v) is 7.14. The van der Waals surface area contributed by atoms with Crippen LogP contribution in [0.5, 0.6) is 0 Å². The molecule has 3 heterocycles. The summed E-state index contributed by atoms with van der Waals surface area (Å²) in [5.41, 5.74) is 6.57. The van der Waals surface area contributed by atoms with E-state index in [4.69, 9.17) is 4.42 Å². The average Bonchev–Trinajstić information content (AvgIpc) is 3.29. The van der Waals surface area contributed by atoms with Gasteiger partial charge in [-0.05, 0) is 50.6 Å². The molecule has 4 rings (SSSR count). The number of fused-ring (bicyclic) bond motifs is 1. The third-order valence-electron chi connectivity index (χ3n) is 4.90. The lowest BCUT2D eigenvalue weighted by Gasteiger charge is -2.08. The molecule has 156 valence electrons.